The van der Waals surface area contributed by atoms with Gasteiger partial charge in [-0.15, -0.1) is 0 Å². The Labute approximate surface area is 187 Å². The number of aryl methyl sites for hydroxylation is 2. The zero-order valence-corrected chi connectivity index (χ0v) is 18.2. The number of hydrogen-bond acceptors (Lipinski definition) is 6. The molecule has 0 bridgehead atoms. The third-order valence-electron chi connectivity index (χ3n) is 4.89. The van der Waals surface area contributed by atoms with Crippen LogP contribution in [0.5, 0.6) is 0 Å². The van der Waals surface area contributed by atoms with Crippen LogP contribution in [0, 0.1) is 13.8 Å². The van der Waals surface area contributed by atoms with Crippen LogP contribution in [0.2, 0.25) is 0 Å². The SMILES string of the molecule is Cc1ccc(-n2c(SCC(=O)NNC(=O)c3ccco3)nc3ccccc3c2=O)cc1C. The average molecular weight is 449 g/mol. The summed E-state index contributed by atoms with van der Waals surface area (Å²) in [6, 6.07) is 15.9. The van der Waals surface area contributed by atoms with Crippen LogP contribution in [0.25, 0.3) is 16.6 Å². The lowest BCUT2D eigenvalue weighted by molar-refractivity contribution is -0.119. The van der Waals surface area contributed by atoms with E-state index in [0.717, 1.165) is 22.9 Å². The van der Waals surface area contributed by atoms with Crippen molar-refractivity contribution in [2.45, 2.75) is 19.0 Å². The molecule has 2 aromatic carbocycles. The largest absolute Gasteiger partial charge is 0.459 e. The zero-order chi connectivity index (χ0) is 22.7. The van der Waals surface area contributed by atoms with Crippen molar-refractivity contribution in [2.24, 2.45) is 0 Å². The van der Waals surface area contributed by atoms with Crippen molar-refractivity contribution in [1.82, 2.24) is 20.4 Å². The molecule has 2 aromatic heterocycles. The highest BCUT2D eigenvalue weighted by molar-refractivity contribution is 7.99. The van der Waals surface area contributed by atoms with Gasteiger partial charge in [-0.25, -0.2) is 4.98 Å². The predicted octanol–water partition coefficient (Wildman–Crippen LogP) is 3.15. The lowest BCUT2D eigenvalue weighted by Crippen LogP contribution is -2.42. The first-order chi connectivity index (χ1) is 15.4. The van der Waals surface area contributed by atoms with Crippen LogP contribution in [0.3, 0.4) is 0 Å². The number of amides is 2. The fourth-order valence-corrected chi connectivity index (χ4v) is 3.88. The van der Waals surface area contributed by atoms with Crippen molar-refractivity contribution in [1.29, 1.82) is 0 Å². The normalized spacial score (nSPS) is 10.8. The van der Waals surface area contributed by atoms with Gasteiger partial charge in [0.2, 0.25) is 5.91 Å². The minimum Gasteiger partial charge on any atom is -0.459 e. The summed E-state index contributed by atoms with van der Waals surface area (Å²) in [7, 11) is 0. The molecule has 32 heavy (non-hydrogen) atoms. The predicted molar refractivity (Wildman–Crippen MR) is 122 cm³/mol. The fourth-order valence-electron chi connectivity index (χ4n) is 3.06. The second-order valence-corrected chi connectivity index (χ2v) is 8.03. The molecule has 2 amide bonds. The zero-order valence-electron chi connectivity index (χ0n) is 17.4. The van der Waals surface area contributed by atoms with Gasteiger partial charge in [0.25, 0.3) is 5.56 Å². The highest BCUT2D eigenvalue weighted by Crippen LogP contribution is 2.22. The van der Waals surface area contributed by atoms with Gasteiger partial charge in [-0.1, -0.05) is 30.0 Å². The molecular weight excluding hydrogens is 428 g/mol. The number of para-hydroxylation sites is 1. The van der Waals surface area contributed by atoms with Gasteiger partial charge in [0.15, 0.2) is 10.9 Å². The summed E-state index contributed by atoms with van der Waals surface area (Å²) in [6.45, 7) is 3.97. The second kappa shape index (κ2) is 9.11. The van der Waals surface area contributed by atoms with Crippen molar-refractivity contribution in [2.75, 3.05) is 5.75 Å². The first kappa shape index (κ1) is 21.4. The van der Waals surface area contributed by atoms with E-state index in [-0.39, 0.29) is 17.1 Å². The number of rotatable bonds is 5. The number of hydrazine groups is 1. The third-order valence-corrected chi connectivity index (χ3v) is 5.82. The molecule has 0 saturated heterocycles. The van der Waals surface area contributed by atoms with Crippen LogP contribution in [-0.2, 0) is 4.79 Å². The van der Waals surface area contributed by atoms with Crippen LogP contribution in [0.4, 0.5) is 0 Å². The molecule has 2 heterocycles. The standard InChI is InChI=1S/C23H20N4O4S/c1-14-9-10-16(12-15(14)2)27-22(30)17-6-3-4-7-18(17)24-23(27)32-13-20(28)25-26-21(29)19-8-5-11-31-19/h3-12H,13H2,1-2H3,(H,25,28)(H,26,29). The molecule has 0 saturated carbocycles. The fraction of sp³-hybridized carbons (Fsp3) is 0.130. The number of furan rings is 1. The van der Waals surface area contributed by atoms with E-state index in [1.54, 1.807) is 30.3 Å². The van der Waals surface area contributed by atoms with Crippen LogP contribution in [-0.4, -0.2) is 27.1 Å². The lowest BCUT2D eigenvalue weighted by atomic mass is 10.1. The summed E-state index contributed by atoms with van der Waals surface area (Å²) < 4.78 is 6.49. The highest BCUT2D eigenvalue weighted by atomic mass is 32.2. The first-order valence-electron chi connectivity index (χ1n) is 9.79. The number of aromatic nitrogens is 2. The van der Waals surface area contributed by atoms with E-state index in [9.17, 15) is 14.4 Å². The summed E-state index contributed by atoms with van der Waals surface area (Å²) in [5, 5.41) is 0.870. The van der Waals surface area contributed by atoms with Crippen LogP contribution in [0.1, 0.15) is 21.7 Å². The van der Waals surface area contributed by atoms with Gasteiger partial charge in [-0.3, -0.25) is 29.8 Å². The smallest absolute Gasteiger partial charge is 0.305 e. The van der Waals surface area contributed by atoms with Crippen molar-refractivity contribution in [3.8, 4) is 5.69 Å². The van der Waals surface area contributed by atoms with Crippen molar-refractivity contribution >= 4 is 34.5 Å². The number of nitrogens with zero attached hydrogens (tertiary/aromatic N) is 2. The molecule has 162 valence electrons. The van der Waals surface area contributed by atoms with Gasteiger partial charge in [-0.2, -0.15) is 0 Å². The van der Waals surface area contributed by atoms with E-state index in [2.05, 4.69) is 15.8 Å². The number of hydrogen-bond donors (Lipinski definition) is 2. The number of benzene rings is 2. The molecule has 0 aliphatic carbocycles. The van der Waals surface area contributed by atoms with Crippen molar-refractivity contribution in [3.63, 3.8) is 0 Å². The van der Waals surface area contributed by atoms with E-state index >= 15 is 0 Å². The van der Waals surface area contributed by atoms with Gasteiger partial charge in [0.05, 0.1) is 28.6 Å². The molecule has 8 nitrogen and oxygen atoms in total. The number of nitrogens with one attached hydrogen (secondary N) is 2. The molecule has 0 aliphatic heterocycles. The molecule has 0 atom stereocenters. The van der Waals surface area contributed by atoms with E-state index in [0.29, 0.717) is 21.7 Å². The van der Waals surface area contributed by atoms with Gasteiger partial charge in [0, 0.05) is 0 Å². The minimum atomic E-state index is -0.566. The number of thioether (sulfide) groups is 1. The maximum Gasteiger partial charge on any atom is 0.305 e. The van der Waals surface area contributed by atoms with Crippen molar-refractivity contribution in [3.05, 3.63) is 88.1 Å². The third kappa shape index (κ3) is 4.42. The quantitative estimate of drug-likeness (QED) is 0.276. The molecule has 0 unspecified atom stereocenters. The van der Waals surface area contributed by atoms with Gasteiger partial charge in [-0.05, 0) is 61.4 Å². The Balaban J connectivity index is 1.59. The molecule has 4 rings (SSSR count). The first-order valence-corrected chi connectivity index (χ1v) is 10.8. The molecule has 0 fully saturated rings. The molecule has 4 aromatic rings. The molecular formula is C23H20N4O4S. The summed E-state index contributed by atoms with van der Waals surface area (Å²) in [5.74, 6) is -1.00. The Hall–Kier alpha value is -3.85. The number of carbonyl (C=O) groups is 2. The van der Waals surface area contributed by atoms with Gasteiger partial charge in [0.1, 0.15) is 0 Å². The number of carbonyl (C=O) groups excluding carboxylic acids is 2. The van der Waals surface area contributed by atoms with E-state index < -0.39 is 11.8 Å². The Bertz CT molecular complexity index is 1360. The number of fused-ring (bicyclic) bond motifs is 1. The van der Waals surface area contributed by atoms with Crippen LogP contribution < -0.4 is 16.4 Å². The molecule has 0 radical (unpaired) electrons. The van der Waals surface area contributed by atoms with E-state index in [4.69, 9.17) is 4.42 Å². The molecule has 0 aliphatic rings. The summed E-state index contributed by atoms with van der Waals surface area (Å²) in [5.41, 5.74) is 7.77. The summed E-state index contributed by atoms with van der Waals surface area (Å²) >= 11 is 1.10. The second-order valence-electron chi connectivity index (χ2n) is 7.09. The van der Waals surface area contributed by atoms with Crippen LogP contribution in [0.15, 0.2) is 75.2 Å². The van der Waals surface area contributed by atoms with Gasteiger partial charge >= 0.3 is 5.91 Å². The molecule has 2 N–H and O–H groups in total. The maximum atomic E-state index is 13.3. The molecule has 0 spiro atoms. The molecule has 9 heteroatoms. The van der Waals surface area contributed by atoms with E-state index in [1.165, 1.54) is 16.9 Å². The Morgan fingerprint density at radius 2 is 1.84 bits per heavy atom. The maximum absolute atomic E-state index is 13.3. The topological polar surface area (TPSA) is 106 Å². The Kier molecular flexibility index (Phi) is 6.09. The van der Waals surface area contributed by atoms with E-state index in [1.807, 2.05) is 32.0 Å². The lowest BCUT2D eigenvalue weighted by Gasteiger charge is -2.14. The van der Waals surface area contributed by atoms with Gasteiger partial charge < -0.3 is 4.42 Å². The summed E-state index contributed by atoms with van der Waals surface area (Å²) in [4.78, 5) is 42.1. The Morgan fingerprint density at radius 3 is 2.59 bits per heavy atom. The highest BCUT2D eigenvalue weighted by Gasteiger charge is 2.16. The average Bonchev–Trinajstić information content (AvgIpc) is 3.33. The van der Waals surface area contributed by atoms with Crippen LogP contribution >= 0.6 is 11.8 Å². The monoisotopic (exact) mass is 448 g/mol. The Morgan fingerprint density at radius 1 is 1.03 bits per heavy atom. The van der Waals surface area contributed by atoms with Crippen molar-refractivity contribution < 1.29 is 14.0 Å². The summed E-state index contributed by atoms with van der Waals surface area (Å²) in [6.07, 6.45) is 1.37. The minimum absolute atomic E-state index is 0.0614.